The van der Waals surface area contributed by atoms with Crippen molar-refractivity contribution in [2.75, 3.05) is 6.54 Å². The molecule has 0 spiro atoms. The second kappa shape index (κ2) is 5.74. The fourth-order valence-electron chi connectivity index (χ4n) is 2.72. The molecule has 0 amide bonds. The first-order chi connectivity index (χ1) is 10.8. The third kappa shape index (κ3) is 3.17. The van der Waals surface area contributed by atoms with Crippen molar-refractivity contribution in [3.8, 4) is 0 Å². The van der Waals surface area contributed by atoms with E-state index in [1.807, 2.05) is 0 Å². The lowest BCUT2D eigenvalue weighted by atomic mass is 9.95. The van der Waals surface area contributed by atoms with Gasteiger partial charge in [0, 0.05) is 6.54 Å². The predicted octanol–water partition coefficient (Wildman–Crippen LogP) is 2.30. The smallest absolute Gasteiger partial charge is 0.240 e. The molecule has 1 aromatic heterocycles. The van der Waals surface area contributed by atoms with E-state index in [1.54, 1.807) is 12.1 Å². The Morgan fingerprint density at radius 2 is 2.13 bits per heavy atom. The molecular formula is C16H18FNO4S. The average Bonchev–Trinajstić information content (AvgIpc) is 3.20. The number of benzene rings is 1. The molecule has 1 aliphatic carbocycles. The Labute approximate surface area is 134 Å². The van der Waals surface area contributed by atoms with Gasteiger partial charge in [-0.15, -0.1) is 0 Å². The van der Waals surface area contributed by atoms with Gasteiger partial charge in [0.1, 0.15) is 17.2 Å². The highest BCUT2D eigenvalue weighted by atomic mass is 32.2. The van der Waals surface area contributed by atoms with Crippen LogP contribution in [0.5, 0.6) is 0 Å². The van der Waals surface area contributed by atoms with E-state index in [4.69, 9.17) is 4.42 Å². The molecule has 0 radical (unpaired) electrons. The molecule has 2 N–H and O–H groups in total. The van der Waals surface area contributed by atoms with Crippen LogP contribution >= 0.6 is 0 Å². The van der Waals surface area contributed by atoms with Crippen molar-refractivity contribution in [1.82, 2.24) is 4.72 Å². The van der Waals surface area contributed by atoms with Gasteiger partial charge in [0.2, 0.25) is 10.0 Å². The van der Waals surface area contributed by atoms with Gasteiger partial charge in [0.15, 0.2) is 0 Å². The Bertz CT molecular complexity index is 799. The lowest BCUT2D eigenvalue weighted by Gasteiger charge is -2.26. The Morgan fingerprint density at radius 3 is 2.70 bits per heavy atom. The summed E-state index contributed by atoms with van der Waals surface area (Å²) in [4.78, 5) is -0.00325. The third-order valence-corrected chi connectivity index (χ3v) is 5.72. The van der Waals surface area contributed by atoms with E-state index in [-0.39, 0.29) is 17.4 Å². The molecule has 23 heavy (non-hydrogen) atoms. The molecule has 0 unspecified atom stereocenters. The van der Waals surface area contributed by atoms with Gasteiger partial charge in [-0.1, -0.05) is 0 Å². The molecular weight excluding hydrogens is 321 g/mol. The number of nitrogens with one attached hydrogen (secondary N) is 1. The molecule has 1 aliphatic rings. The van der Waals surface area contributed by atoms with E-state index < -0.39 is 21.4 Å². The molecule has 5 nitrogen and oxygen atoms in total. The zero-order valence-electron chi connectivity index (χ0n) is 12.6. The van der Waals surface area contributed by atoms with Gasteiger partial charge in [0.05, 0.1) is 11.2 Å². The SMILES string of the molecule is Cc1cc(F)ccc1S(=O)(=O)NC[C@](O)(c1ccco1)C1CC1. The minimum atomic E-state index is -3.86. The molecule has 0 aliphatic heterocycles. The number of hydrogen-bond acceptors (Lipinski definition) is 4. The topological polar surface area (TPSA) is 79.5 Å². The lowest BCUT2D eigenvalue weighted by molar-refractivity contribution is -0.00224. The maximum atomic E-state index is 13.1. The van der Waals surface area contributed by atoms with Crippen LogP contribution in [-0.2, 0) is 15.6 Å². The number of sulfonamides is 1. The molecule has 7 heteroatoms. The van der Waals surface area contributed by atoms with Gasteiger partial charge < -0.3 is 9.52 Å². The summed E-state index contributed by atoms with van der Waals surface area (Å²) in [6.45, 7) is 1.33. The largest absolute Gasteiger partial charge is 0.466 e. The van der Waals surface area contributed by atoms with Crippen LogP contribution in [0, 0.1) is 18.7 Å². The Morgan fingerprint density at radius 1 is 1.39 bits per heavy atom. The Hall–Kier alpha value is -1.70. The van der Waals surface area contributed by atoms with Crippen LogP contribution in [0.4, 0.5) is 4.39 Å². The van der Waals surface area contributed by atoms with Crippen LogP contribution in [0.25, 0.3) is 0 Å². The van der Waals surface area contributed by atoms with Crippen molar-refractivity contribution < 1.29 is 22.3 Å². The molecule has 3 rings (SSSR count). The highest BCUT2D eigenvalue weighted by Gasteiger charge is 2.47. The second-order valence-electron chi connectivity index (χ2n) is 5.91. The second-order valence-corrected chi connectivity index (χ2v) is 7.65. The highest BCUT2D eigenvalue weighted by Crippen LogP contribution is 2.45. The molecule has 1 fully saturated rings. The van der Waals surface area contributed by atoms with Crippen LogP contribution in [0.2, 0.25) is 0 Å². The summed E-state index contributed by atoms with van der Waals surface area (Å²) in [5, 5.41) is 10.9. The molecule has 1 aromatic carbocycles. The number of furan rings is 1. The monoisotopic (exact) mass is 339 g/mol. The summed E-state index contributed by atoms with van der Waals surface area (Å²) < 4.78 is 45.7. The molecule has 0 saturated heterocycles. The Balaban J connectivity index is 1.83. The Kier molecular flexibility index (Phi) is 4.03. The van der Waals surface area contributed by atoms with Crippen molar-refractivity contribution >= 4 is 10.0 Å². The van der Waals surface area contributed by atoms with E-state index in [0.717, 1.165) is 25.0 Å². The van der Waals surface area contributed by atoms with Gasteiger partial charge in [-0.05, 0) is 61.6 Å². The van der Waals surface area contributed by atoms with E-state index in [9.17, 15) is 17.9 Å². The number of aliphatic hydroxyl groups is 1. The summed E-state index contributed by atoms with van der Waals surface area (Å²) >= 11 is 0. The lowest BCUT2D eigenvalue weighted by Crippen LogP contribution is -2.42. The maximum Gasteiger partial charge on any atom is 0.240 e. The van der Waals surface area contributed by atoms with Gasteiger partial charge in [0.25, 0.3) is 0 Å². The fourth-order valence-corrected chi connectivity index (χ4v) is 4.01. The zero-order valence-corrected chi connectivity index (χ0v) is 13.4. The van der Waals surface area contributed by atoms with Crippen LogP contribution in [0.15, 0.2) is 45.9 Å². The first kappa shape index (κ1) is 16.2. The molecule has 1 atom stereocenters. The van der Waals surface area contributed by atoms with Crippen molar-refractivity contribution in [2.24, 2.45) is 5.92 Å². The zero-order chi connectivity index (χ0) is 16.7. The number of aryl methyl sites for hydroxylation is 1. The summed E-state index contributed by atoms with van der Waals surface area (Å²) in [5.74, 6) is -0.185. The van der Waals surface area contributed by atoms with Crippen LogP contribution in [0.3, 0.4) is 0 Å². The quantitative estimate of drug-likeness (QED) is 0.846. The standard InChI is InChI=1S/C16H18FNO4S/c1-11-9-13(17)6-7-14(11)23(20,21)18-10-16(19,12-4-5-12)15-3-2-8-22-15/h2-3,6-9,12,18-19H,4-5,10H2,1H3/t16-/m1/s1. The van der Waals surface area contributed by atoms with Gasteiger partial charge in [-0.2, -0.15) is 0 Å². The average molecular weight is 339 g/mol. The minimum Gasteiger partial charge on any atom is -0.466 e. The van der Waals surface area contributed by atoms with Crippen molar-refractivity contribution in [2.45, 2.75) is 30.3 Å². The first-order valence-corrected chi connectivity index (χ1v) is 8.83. The molecule has 1 saturated carbocycles. The highest BCUT2D eigenvalue weighted by molar-refractivity contribution is 7.89. The van der Waals surface area contributed by atoms with E-state index in [2.05, 4.69) is 4.72 Å². The summed E-state index contributed by atoms with van der Waals surface area (Å²) in [7, 11) is -3.86. The van der Waals surface area contributed by atoms with E-state index in [1.165, 1.54) is 19.3 Å². The molecule has 124 valence electrons. The fraction of sp³-hybridized carbons (Fsp3) is 0.375. The molecule has 2 aromatic rings. The molecule has 1 heterocycles. The molecule has 0 bridgehead atoms. The minimum absolute atomic E-state index is 0.00325. The number of rotatable bonds is 6. The van der Waals surface area contributed by atoms with E-state index in [0.29, 0.717) is 11.3 Å². The third-order valence-electron chi connectivity index (χ3n) is 4.16. The van der Waals surface area contributed by atoms with Crippen molar-refractivity contribution in [3.63, 3.8) is 0 Å². The van der Waals surface area contributed by atoms with E-state index >= 15 is 0 Å². The van der Waals surface area contributed by atoms with Crippen LogP contribution in [0.1, 0.15) is 24.2 Å². The first-order valence-electron chi connectivity index (χ1n) is 7.35. The number of halogens is 1. The van der Waals surface area contributed by atoms with Gasteiger partial charge >= 0.3 is 0 Å². The van der Waals surface area contributed by atoms with Gasteiger partial charge in [-0.25, -0.2) is 17.5 Å². The van der Waals surface area contributed by atoms with Crippen molar-refractivity contribution in [3.05, 3.63) is 53.7 Å². The maximum absolute atomic E-state index is 13.1. The predicted molar refractivity (Wildman–Crippen MR) is 81.7 cm³/mol. The normalized spacial score (nSPS) is 17.9. The van der Waals surface area contributed by atoms with Gasteiger partial charge in [-0.3, -0.25) is 0 Å². The van der Waals surface area contributed by atoms with Crippen LogP contribution in [-0.4, -0.2) is 20.1 Å². The van der Waals surface area contributed by atoms with Crippen LogP contribution < -0.4 is 4.72 Å². The number of hydrogen-bond donors (Lipinski definition) is 2. The summed E-state index contributed by atoms with van der Waals surface area (Å²) in [6.07, 6.45) is 3.07. The summed E-state index contributed by atoms with van der Waals surface area (Å²) in [5.41, 5.74) is -1.06. The van der Waals surface area contributed by atoms with Crippen molar-refractivity contribution in [1.29, 1.82) is 0 Å². The summed E-state index contributed by atoms with van der Waals surface area (Å²) in [6, 6.07) is 6.77.